The van der Waals surface area contributed by atoms with Gasteiger partial charge in [0, 0.05) is 11.6 Å². The number of sulfonamides is 1. The van der Waals surface area contributed by atoms with Gasteiger partial charge in [0.25, 0.3) is 0 Å². The number of benzene rings is 3. The molecule has 0 atom stereocenters. The van der Waals surface area contributed by atoms with E-state index in [4.69, 9.17) is 23.2 Å². The molecule has 1 N–H and O–H groups in total. The first-order valence-electron chi connectivity index (χ1n) is 10.4. The van der Waals surface area contributed by atoms with E-state index >= 15 is 0 Å². The lowest BCUT2D eigenvalue weighted by atomic mass is 10.1. The minimum atomic E-state index is -3.98. The molecule has 0 heterocycles. The number of nitrogens with zero attached hydrogens (tertiary/aromatic N) is 1. The number of rotatable bonds is 7. The lowest BCUT2D eigenvalue weighted by molar-refractivity contribution is -0.116. The Hall–Kier alpha value is -2.38. The Morgan fingerprint density at radius 1 is 0.879 bits per heavy atom. The molecule has 0 saturated carbocycles. The monoisotopic (exact) mass is 504 g/mol. The number of amides is 1. The van der Waals surface area contributed by atoms with Crippen molar-refractivity contribution in [2.45, 2.75) is 39.1 Å². The van der Waals surface area contributed by atoms with Crippen LogP contribution in [-0.4, -0.2) is 25.2 Å². The van der Waals surface area contributed by atoms with E-state index in [9.17, 15) is 13.2 Å². The summed E-state index contributed by atoms with van der Waals surface area (Å²) < 4.78 is 28.7. The molecule has 3 rings (SSSR count). The molecule has 1 amide bonds. The summed E-state index contributed by atoms with van der Waals surface area (Å²) in [4.78, 5) is 13.1. The smallest absolute Gasteiger partial charge is 0.244 e. The Morgan fingerprint density at radius 3 is 2.09 bits per heavy atom. The molecular weight excluding hydrogens is 479 g/mol. The van der Waals surface area contributed by atoms with Crippen molar-refractivity contribution < 1.29 is 13.2 Å². The van der Waals surface area contributed by atoms with Crippen LogP contribution < -0.4 is 5.32 Å². The van der Waals surface area contributed by atoms with Crippen LogP contribution in [0.5, 0.6) is 0 Å². The topological polar surface area (TPSA) is 66.5 Å². The van der Waals surface area contributed by atoms with Crippen molar-refractivity contribution in [2.75, 3.05) is 11.9 Å². The molecular formula is C25H26Cl2N2O3S. The summed E-state index contributed by atoms with van der Waals surface area (Å²) in [7, 11) is -3.98. The van der Waals surface area contributed by atoms with E-state index in [0.29, 0.717) is 26.9 Å². The Labute approximate surface area is 205 Å². The van der Waals surface area contributed by atoms with Crippen molar-refractivity contribution in [3.05, 3.63) is 92.5 Å². The highest BCUT2D eigenvalue weighted by Crippen LogP contribution is 2.28. The zero-order valence-corrected chi connectivity index (χ0v) is 21.3. The number of aryl methyl sites for hydroxylation is 4. The fourth-order valence-corrected chi connectivity index (χ4v) is 5.90. The summed E-state index contributed by atoms with van der Waals surface area (Å²) in [6.07, 6.45) is 0. The molecule has 3 aromatic carbocycles. The molecule has 8 heteroatoms. The molecule has 0 bridgehead atoms. The Kier molecular flexibility index (Phi) is 7.85. The van der Waals surface area contributed by atoms with Gasteiger partial charge >= 0.3 is 0 Å². The maximum absolute atomic E-state index is 13.8. The van der Waals surface area contributed by atoms with Gasteiger partial charge in [-0.3, -0.25) is 4.79 Å². The third kappa shape index (κ3) is 6.15. The summed E-state index contributed by atoms with van der Waals surface area (Å²) in [5.74, 6) is -0.516. The van der Waals surface area contributed by atoms with E-state index in [2.05, 4.69) is 5.32 Å². The van der Waals surface area contributed by atoms with Gasteiger partial charge in [0.05, 0.1) is 22.2 Å². The number of nitrogens with one attached hydrogen (secondary N) is 1. The molecule has 0 fully saturated rings. The predicted octanol–water partition coefficient (Wildman–Crippen LogP) is 6.06. The molecule has 3 aromatic rings. The highest BCUT2D eigenvalue weighted by Gasteiger charge is 2.30. The molecule has 0 saturated heterocycles. The largest absolute Gasteiger partial charge is 0.324 e. The van der Waals surface area contributed by atoms with Crippen molar-refractivity contribution >= 4 is 44.8 Å². The van der Waals surface area contributed by atoms with Crippen LogP contribution in [0, 0.1) is 27.7 Å². The van der Waals surface area contributed by atoms with Gasteiger partial charge in [-0.2, -0.15) is 4.31 Å². The van der Waals surface area contributed by atoms with E-state index in [1.54, 1.807) is 26.0 Å². The van der Waals surface area contributed by atoms with Crippen LogP contribution in [0.1, 0.15) is 27.8 Å². The number of hydrogen-bond acceptors (Lipinski definition) is 3. The van der Waals surface area contributed by atoms with Crippen molar-refractivity contribution in [3.8, 4) is 0 Å². The SMILES string of the molecule is Cc1ccc(CN(CC(=O)Nc2cc(Cl)ccc2Cl)S(=O)(=O)c2c(C)cc(C)cc2C)cc1. The molecule has 0 aliphatic rings. The molecule has 0 radical (unpaired) electrons. The lowest BCUT2D eigenvalue weighted by Crippen LogP contribution is -2.38. The fourth-order valence-electron chi connectivity index (χ4n) is 3.77. The number of carbonyl (C=O) groups is 1. The van der Waals surface area contributed by atoms with Crippen LogP contribution in [0.2, 0.25) is 10.0 Å². The van der Waals surface area contributed by atoms with Gasteiger partial charge in [-0.15, -0.1) is 0 Å². The maximum atomic E-state index is 13.8. The summed E-state index contributed by atoms with van der Waals surface area (Å²) in [5.41, 5.74) is 4.42. The van der Waals surface area contributed by atoms with E-state index in [0.717, 1.165) is 16.7 Å². The second kappa shape index (κ2) is 10.3. The lowest BCUT2D eigenvalue weighted by Gasteiger charge is -2.24. The minimum absolute atomic E-state index is 0.0477. The van der Waals surface area contributed by atoms with Gasteiger partial charge < -0.3 is 5.32 Å². The molecule has 0 aromatic heterocycles. The molecule has 33 heavy (non-hydrogen) atoms. The van der Waals surface area contributed by atoms with Crippen LogP contribution in [-0.2, 0) is 21.4 Å². The number of carbonyl (C=O) groups excluding carboxylic acids is 1. The fraction of sp³-hybridized carbons (Fsp3) is 0.240. The van der Waals surface area contributed by atoms with E-state index in [1.165, 1.54) is 10.4 Å². The average Bonchev–Trinajstić information content (AvgIpc) is 2.71. The molecule has 0 spiro atoms. The zero-order chi connectivity index (χ0) is 24.3. The van der Waals surface area contributed by atoms with Crippen LogP contribution in [0.3, 0.4) is 0 Å². The number of hydrogen-bond donors (Lipinski definition) is 1. The molecule has 5 nitrogen and oxygen atoms in total. The standard InChI is InChI=1S/C25H26Cl2N2O3S/c1-16-5-7-20(8-6-16)14-29(15-24(30)28-23-13-21(26)9-10-22(23)27)33(31,32)25-18(3)11-17(2)12-19(25)4/h5-13H,14-15H2,1-4H3,(H,28,30). The minimum Gasteiger partial charge on any atom is -0.324 e. The Balaban J connectivity index is 1.98. The van der Waals surface area contributed by atoms with Gasteiger partial charge in [-0.25, -0.2) is 8.42 Å². The van der Waals surface area contributed by atoms with E-state index in [-0.39, 0.29) is 18.0 Å². The Morgan fingerprint density at radius 2 is 1.48 bits per heavy atom. The van der Waals surface area contributed by atoms with E-state index in [1.807, 2.05) is 50.2 Å². The van der Waals surface area contributed by atoms with E-state index < -0.39 is 15.9 Å². The molecule has 174 valence electrons. The Bertz CT molecular complexity index is 1270. The molecule has 0 aliphatic heterocycles. The quantitative estimate of drug-likeness (QED) is 0.425. The number of halogens is 2. The molecule has 0 unspecified atom stereocenters. The first-order chi connectivity index (χ1) is 15.5. The van der Waals surface area contributed by atoms with Crippen molar-refractivity contribution in [1.82, 2.24) is 4.31 Å². The average molecular weight is 505 g/mol. The summed E-state index contributed by atoms with van der Waals surface area (Å²) in [6.45, 7) is 7.07. The number of anilines is 1. The third-order valence-electron chi connectivity index (χ3n) is 5.20. The third-order valence-corrected chi connectivity index (χ3v) is 7.87. The van der Waals surface area contributed by atoms with Crippen LogP contribution >= 0.6 is 23.2 Å². The highest BCUT2D eigenvalue weighted by atomic mass is 35.5. The van der Waals surface area contributed by atoms with Crippen LogP contribution in [0.15, 0.2) is 59.5 Å². The summed E-state index contributed by atoms with van der Waals surface area (Å²) in [6, 6.07) is 15.9. The first-order valence-corrected chi connectivity index (χ1v) is 12.6. The second-order valence-corrected chi connectivity index (χ2v) is 10.9. The van der Waals surface area contributed by atoms with Gasteiger partial charge in [-0.05, 0) is 62.6 Å². The van der Waals surface area contributed by atoms with Gasteiger partial charge in [-0.1, -0.05) is 70.7 Å². The predicted molar refractivity (Wildman–Crippen MR) is 135 cm³/mol. The second-order valence-electron chi connectivity index (χ2n) is 8.16. The molecule has 0 aliphatic carbocycles. The van der Waals surface area contributed by atoms with Crippen molar-refractivity contribution in [1.29, 1.82) is 0 Å². The van der Waals surface area contributed by atoms with Gasteiger partial charge in [0.2, 0.25) is 15.9 Å². The van der Waals surface area contributed by atoms with Crippen LogP contribution in [0.4, 0.5) is 5.69 Å². The van der Waals surface area contributed by atoms with Gasteiger partial charge in [0.1, 0.15) is 0 Å². The van der Waals surface area contributed by atoms with Crippen molar-refractivity contribution in [3.63, 3.8) is 0 Å². The highest BCUT2D eigenvalue weighted by molar-refractivity contribution is 7.89. The van der Waals surface area contributed by atoms with Gasteiger partial charge in [0.15, 0.2) is 0 Å². The van der Waals surface area contributed by atoms with Crippen LogP contribution in [0.25, 0.3) is 0 Å². The maximum Gasteiger partial charge on any atom is 0.244 e. The summed E-state index contributed by atoms with van der Waals surface area (Å²) >= 11 is 12.2. The first kappa shape index (κ1) is 25.2. The zero-order valence-electron chi connectivity index (χ0n) is 18.9. The van der Waals surface area contributed by atoms with Crippen molar-refractivity contribution in [2.24, 2.45) is 0 Å². The summed E-state index contributed by atoms with van der Waals surface area (Å²) in [5, 5.41) is 3.40. The normalized spacial score (nSPS) is 11.6.